The molecular weight excluding hydrogens is 296 g/mol. The van der Waals surface area contributed by atoms with Gasteiger partial charge in [-0.05, 0) is 68.9 Å². The number of rotatable bonds is 4. The quantitative estimate of drug-likeness (QED) is 0.660. The first kappa shape index (κ1) is 15.8. The second-order valence-electron chi connectivity index (χ2n) is 7.37. The van der Waals surface area contributed by atoms with E-state index in [2.05, 4.69) is 36.4 Å². The van der Waals surface area contributed by atoms with Gasteiger partial charge in [-0.3, -0.25) is 0 Å². The first-order chi connectivity index (χ1) is 11.9. The maximum absolute atomic E-state index is 6.42. The van der Waals surface area contributed by atoms with E-state index in [0.717, 1.165) is 16.9 Å². The summed E-state index contributed by atoms with van der Waals surface area (Å²) in [6.45, 7) is 0. The SMILES string of the molecule is c1cc(OC2CCCCC2)c2c(OC3CCCCC3)cccc2c1. The highest BCUT2D eigenvalue weighted by molar-refractivity contribution is 5.93. The third-order valence-electron chi connectivity index (χ3n) is 5.52. The van der Waals surface area contributed by atoms with Gasteiger partial charge in [0.15, 0.2) is 0 Å². The Bertz CT molecular complexity index is 612. The Morgan fingerprint density at radius 3 is 1.50 bits per heavy atom. The van der Waals surface area contributed by atoms with Crippen LogP contribution in [0.25, 0.3) is 10.8 Å². The van der Waals surface area contributed by atoms with Crippen LogP contribution in [-0.2, 0) is 0 Å². The van der Waals surface area contributed by atoms with Crippen molar-refractivity contribution in [3.8, 4) is 11.5 Å². The van der Waals surface area contributed by atoms with Crippen molar-refractivity contribution in [2.75, 3.05) is 0 Å². The van der Waals surface area contributed by atoms with Gasteiger partial charge >= 0.3 is 0 Å². The second-order valence-corrected chi connectivity index (χ2v) is 7.37. The predicted octanol–water partition coefficient (Wildman–Crippen LogP) is 6.26. The van der Waals surface area contributed by atoms with Crippen molar-refractivity contribution in [2.45, 2.75) is 76.4 Å². The molecule has 2 aliphatic carbocycles. The van der Waals surface area contributed by atoms with Gasteiger partial charge in [0.1, 0.15) is 11.5 Å². The van der Waals surface area contributed by atoms with Crippen LogP contribution in [0.5, 0.6) is 11.5 Å². The van der Waals surface area contributed by atoms with Gasteiger partial charge in [0.25, 0.3) is 0 Å². The minimum Gasteiger partial charge on any atom is -0.490 e. The summed E-state index contributed by atoms with van der Waals surface area (Å²) in [5, 5.41) is 2.38. The van der Waals surface area contributed by atoms with Crippen LogP contribution in [0.15, 0.2) is 36.4 Å². The van der Waals surface area contributed by atoms with Crippen LogP contribution in [0.2, 0.25) is 0 Å². The molecular formula is C22H28O2. The molecule has 0 saturated heterocycles. The highest BCUT2D eigenvalue weighted by Gasteiger charge is 2.20. The van der Waals surface area contributed by atoms with Crippen LogP contribution >= 0.6 is 0 Å². The molecule has 0 atom stereocenters. The molecule has 128 valence electrons. The summed E-state index contributed by atoms with van der Waals surface area (Å²) in [6, 6.07) is 12.8. The van der Waals surface area contributed by atoms with E-state index >= 15 is 0 Å². The highest BCUT2D eigenvalue weighted by Crippen LogP contribution is 2.37. The van der Waals surface area contributed by atoms with Crippen molar-refractivity contribution in [1.29, 1.82) is 0 Å². The molecule has 0 bridgehead atoms. The van der Waals surface area contributed by atoms with Gasteiger partial charge in [-0.15, -0.1) is 0 Å². The van der Waals surface area contributed by atoms with E-state index in [9.17, 15) is 0 Å². The van der Waals surface area contributed by atoms with Crippen molar-refractivity contribution in [3.05, 3.63) is 36.4 Å². The normalized spacial score (nSPS) is 20.2. The summed E-state index contributed by atoms with van der Waals surface area (Å²) >= 11 is 0. The van der Waals surface area contributed by atoms with E-state index in [0.29, 0.717) is 12.2 Å². The number of hydrogen-bond acceptors (Lipinski definition) is 2. The Morgan fingerprint density at radius 2 is 1.04 bits per heavy atom. The van der Waals surface area contributed by atoms with Gasteiger partial charge in [0.2, 0.25) is 0 Å². The zero-order valence-corrected chi connectivity index (χ0v) is 14.5. The number of hydrogen-bond donors (Lipinski definition) is 0. The zero-order chi connectivity index (χ0) is 16.2. The average molecular weight is 324 g/mol. The number of benzene rings is 2. The lowest BCUT2D eigenvalue weighted by Gasteiger charge is -2.26. The first-order valence-electron chi connectivity index (χ1n) is 9.75. The summed E-state index contributed by atoms with van der Waals surface area (Å²) in [5.74, 6) is 2.01. The second kappa shape index (κ2) is 7.46. The molecule has 4 rings (SSSR count). The predicted molar refractivity (Wildman–Crippen MR) is 99.0 cm³/mol. The van der Waals surface area contributed by atoms with Gasteiger partial charge in [-0.2, -0.15) is 0 Å². The minimum absolute atomic E-state index is 0.368. The summed E-state index contributed by atoms with van der Waals surface area (Å²) < 4.78 is 12.8. The lowest BCUT2D eigenvalue weighted by molar-refractivity contribution is 0.150. The molecule has 2 aliphatic rings. The fourth-order valence-electron chi connectivity index (χ4n) is 4.19. The standard InChI is InChI=1S/C22H28O2/c1-3-11-18(12-4-1)23-20-15-7-9-17-10-8-16-21(22(17)20)24-19-13-5-2-6-14-19/h7-10,15-16,18-19H,1-6,11-14H2. The zero-order valence-electron chi connectivity index (χ0n) is 14.5. The molecule has 2 heteroatoms. The van der Waals surface area contributed by atoms with Crippen LogP contribution in [0, 0.1) is 0 Å². The van der Waals surface area contributed by atoms with E-state index in [1.54, 1.807) is 0 Å². The van der Waals surface area contributed by atoms with Gasteiger partial charge in [-0.25, -0.2) is 0 Å². The molecule has 2 saturated carbocycles. The van der Waals surface area contributed by atoms with Crippen molar-refractivity contribution in [2.24, 2.45) is 0 Å². The Kier molecular flexibility index (Phi) is 4.91. The summed E-state index contributed by atoms with van der Waals surface area (Å²) in [4.78, 5) is 0. The molecule has 2 aromatic carbocycles. The van der Waals surface area contributed by atoms with E-state index in [1.807, 2.05) is 0 Å². The molecule has 0 radical (unpaired) electrons. The van der Waals surface area contributed by atoms with Crippen LogP contribution in [0.1, 0.15) is 64.2 Å². The van der Waals surface area contributed by atoms with E-state index in [4.69, 9.17) is 9.47 Å². The Balaban J connectivity index is 1.62. The molecule has 0 amide bonds. The van der Waals surface area contributed by atoms with E-state index < -0.39 is 0 Å². The molecule has 0 N–H and O–H groups in total. The van der Waals surface area contributed by atoms with Crippen molar-refractivity contribution < 1.29 is 9.47 Å². The molecule has 2 aromatic rings. The third-order valence-corrected chi connectivity index (χ3v) is 5.52. The van der Waals surface area contributed by atoms with Gasteiger partial charge in [-0.1, -0.05) is 37.1 Å². The highest BCUT2D eigenvalue weighted by atomic mass is 16.5. The minimum atomic E-state index is 0.368. The summed E-state index contributed by atoms with van der Waals surface area (Å²) in [6.07, 6.45) is 13.3. The maximum Gasteiger partial charge on any atom is 0.131 e. The average Bonchev–Trinajstić information content (AvgIpc) is 2.64. The monoisotopic (exact) mass is 324 g/mol. The largest absolute Gasteiger partial charge is 0.490 e. The molecule has 24 heavy (non-hydrogen) atoms. The summed E-state index contributed by atoms with van der Waals surface area (Å²) in [5.41, 5.74) is 0. The molecule has 0 unspecified atom stereocenters. The number of ether oxygens (including phenoxy) is 2. The van der Waals surface area contributed by atoms with Crippen molar-refractivity contribution >= 4 is 10.8 Å². The van der Waals surface area contributed by atoms with Gasteiger partial charge in [0.05, 0.1) is 17.6 Å². The molecule has 2 nitrogen and oxygen atoms in total. The fourth-order valence-corrected chi connectivity index (χ4v) is 4.19. The Hall–Kier alpha value is -1.70. The summed E-state index contributed by atoms with van der Waals surface area (Å²) in [7, 11) is 0. The molecule has 0 aliphatic heterocycles. The Labute approximate surface area is 145 Å². The number of fused-ring (bicyclic) bond motifs is 1. The fraction of sp³-hybridized carbons (Fsp3) is 0.545. The van der Waals surface area contributed by atoms with Gasteiger partial charge < -0.3 is 9.47 Å². The maximum atomic E-state index is 6.42. The molecule has 0 spiro atoms. The van der Waals surface area contributed by atoms with Crippen LogP contribution in [-0.4, -0.2) is 12.2 Å². The van der Waals surface area contributed by atoms with Crippen LogP contribution in [0.3, 0.4) is 0 Å². The van der Waals surface area contributed by atoms with Crippen LogP contribution in [0.4, 0.5) is 0 Å². The van der Waals surface area contributed by atoms with Crippen molar-refractivity contribution in [3.63, 3.8) is 0 Å². The topological polar surface area (TPSA) is 18.5 Å². The Morgan fingerprint density at radius 1 is 0.583 bits per heavy atom. The third kappa shape index (κ3) is 3.53. The lowest BCUT2D eigenvalue weighted by atomic mass is 9.97. The van der Waals surface area contributed by atoms with E-state index in [1.165, 1.54) is 69.6 Å². The molecule has 0 aromatic heterocycles. The smallest absolute Gasteiger partial charge is 0.131 e. The molecule has 0 heterocycles. The van der Waals surface area contributed by atoms with Gasteiger partial charge in [0, 0.05) is 0 Å². The lowest BCUT2D eigenvalue weighted by Crippen LogP contribution is -2.21. The first-order valence-corrected chi connectivity index (χ1v) is 9.75. The molecule has 2 fully saturated rings. The van der Waals surface area contributed by atoms with Crippen LogP contribution < -0.4 is 9.47 Å². The van der Waals surface area contributed by atoms with E-state index in [-0.39, 0.29) is 0 Å². The van der Waals surface area contributed by atoms with Crippen molar-refractivity contribution in [1.82, 2.24) is 0 Å².